The highest BCUT2D eigenvalue weighted by atomic mass is 32.2. The molecule has 0 unspecified atom stereocenters. The summed E-state index contributed by atoms with van der Waals surface area (Å²) < 4.78 is 23.0. The molecule has 1 aromatic carbocycles. The van der Waals surface area contributed by atoms with Crippen LogP contribution < -0.4 is 10.5 Å². The van der Waals surface area contributed by atoms with Crippen molar-refractivity contribution in [3.05, 3.63) is 65.6 Å². The predicted molar refractivity (Wildman–Crippen MR) is 99.9 cm³/mol. The number of benzene rings is 1. The molecular formula is C18H19N5O2S. The third kappa shape index (κ3) is 4.04. The van der Waals surface area contributed by atoms with Gasteiger partial charge >= 0.3 is 0 Å². The maximum absolute atomic E-state index is 11.5. The van der Waals surface area contributed by atoms with E-state index in [9.17, 15) is 8.42 Å². The van der Waals surface area contributed by atoms with E-state index in [2.05, 4.69) is 20.3 Å². The molecule has 3 aromatic rings. The monoisotopic (exact) mass is 369 g/mol. The van der Waals surface area contributed by atoms with E-state index in [-0.39, 0.29) is 4.90 Å². The van der Waals surface area contributed by atoms with Gasteiger partial charge in [0.05, 0.1) is 4.90 Å². The highest BCUT2D eigenvalue weighted by molar-refractivity contribution is 7.89. The Labute approximate surface area is 152 Å². The van der Waals surface area contributed by atoms with Gasteiger partial charge in [-0.05, 0) is 43.7 Å². The molecule has 0 bridgehead atoms. The minimum absolute atomic E-state index is 0.0865. The van der Waals surface area contributed by atoms with E-state index in [1.807, 2.05) is 32.0 Å². The second-order valence-corrected chi connectivity index (χ2v) is 7.46. The Morgan fingerprint density at radius 2 is 1.92 bits per heavy atom. The van der Waals surface area contributed by atoms with Gasteiger partial charge < -0.3 is 5.32 Å². The zero-order chi connectivity index (χ0) is 18.7. The lowest BCUT2D eigenvalue weighted by Gasteiger charge is -2.13. The first-order chi connectivity index (χ1) is 12.3. The molecule has 0 aliphatic carbocycles. The number of nitrogens with one attached hydrogen (secondary N) is 1. The van der Waals surface area contributed by atoms with Crippen LogP contribution in [0.1, 0.15) is 16.8 Å². The topological polar surface area (TPSA) is 111 Å². The van der Waals surface area contributed by atoms with E-state index in [1.54, 1.807) is 24.5 Å². The molecule has 0 saturated heterocycles. The number of rotatable bonds is 5. The van der Waals surface area contributed by atoms with Crippen molar-refractivity contribution in [2.45, 2.75) is 25.3 Å². The van der Waals surface area contributed by atoms with Crippen molar-refractivity contribution in [1.29, 1.82) is 0 Å². The van der Waals surface area contributed by atoms with E-state index in [4.69, 9.17) is 5.14 Å². The molecule has 0 saturated carbocycles. The van der Waals surface area contributed by atoms with E-state index >= 15 is 0 Å². The first kappa shape index (κ1) is 18.0. The second kappa shape index (κ2) is 7.19. The van der Waals surface area contributed by atoms with Crippen LogP contribution in [-0.2, 0) is 16.6 Å². The number of pyridine rings is 1. The van der Waals surface area contributed by atoms with Gasteiger partial charge in [-0.1, -0.05) is 12.1 Å². The van der Waals surface area contributed by atoms with Crippen LogP contribution in [0, 0.1) is 13.8 Å². The summed E-state index contributed by atoms with van der Waals surface area (Å²) in [4.78, 5) is 13.3. The number of primary sulfonamides is 1. The van der Waals surface area contributed by atoms with Gasteiger partial charge in [0.1, 0.15) is 5.82 Å². The molecule has 134 valence electrons. The lowest BCUT2D eigenvalue weighted by Crippen LogP contribution is -2.13. The van der Waals surface area contributed by atoms with E-state index in [1.165, 1.54) is 6.07 Å². The summed E-state index contributed by atoms with van der Waals surface area (Å²) in [6, 6.07) is 10.2. The van der Waals surface area contributed by atoms with Gasteiger partial charge in [0.25, 0.3) is 0 Å². The van der Waals surface area contributed by atoms with Gasteiger partial charge in [-0.3, -0.25) is 4.98 Å². The van der Waals surface area contributed by atoms with E-state index in [0.29, 0.717) is 18.2 Å². The van der Waals surface area contributed by atoms with Crippen LogP contribution in [0.2, 0.25) is 0 Å². The number of hydrogen-bond acceptors (Lipinski definition) is 6. The third-order valence-corrected chi connectivity index (χ3v) is 4.91. The minimum atomic E-state index is -3.73. The van der Waals surface area contributed by atoms with Crippen molar-refractivity contribution in [2.24, 2.45) is 5.14 Å². The number of hydrogen-bond donors (Lipinski definition) is 2. The quantitative estimate of drug-likeness (QED) is 0.714. The maximum atomic E-state index is 11.5. The Balaban J connectivity index is 1.88. The fourth-order valence-electron chi connectivity index (χ4n) is 2.44. The van der Waals surface area contributed by atoms with E-state index in [0.717, 1.165) is 22.4 Å². The number of aryl methyl sites for hydroxylation is 1. The molecule has 0 amide bonds. The first-order valence-corrected chi connectivity index (χ1v) is 9.50. The van der Waals surface area contributed by atoms with Crippen LogP contribution in [0.3, 0.4) is 0 Å². The largest absolute Gasteiger partial charge is 0.366 e. The first-order valence-electron chi connectivity index (χ1n) is 7.96. The van der Waals surface area contributed by atoms with Crippen molar-refractivity contribution in [1.82, 2.24) is 15.0 Å². The Hall–Kier alpha value is -2.84. The van der Waals surface area contributed by atoms with Gasteiger partial charge in [-0.15, -0.1) is 0 Å². The van der Waals surface area contributed by atoms with Gasteiger partial charge in [0, 0.05) is 35.8 Å². The molecule has 0 aliphatic heterocycles. The van der Waals surface area contributed by atoms with Crippen LogP contribution in [0.5, 0.6) is 0 Å². The molecule has 7 nitrogen and oxygen atoms in total. The summed E-state index contributed by atoms with van der Waals surface area (Å²) in [6.07, 6.45) is 3.41. The Bertz CT molecular complexity index is 1040. The minimum Gasteiger partial charge on any atom is -0.366 e. The van der Waals surface area contributed by atoms with Crippen molar-refractivity contribution in [2.75, 3.05) is 5.32 Å². The number of nitrogens with zero attached hydrogens (tertiary/aromatic N) is 3. The lowest BCUT2D eigenvalue weighted by atomic mass is 10.2. The smallest absolute Gasteiger partial charge is 0.238 e. The Kier molecular flexibility index (Phi) is 4.97. The molecule has 0 fully saturated rings. The lowest BCUT2D eigenvalue weighted by molar-refractivity contribution is 0.597. The fraction of sp³-hybridized carbons (Fsp3) is 0.167. The Morgan fingerprint density at radius 1 is 1.12 bits per heavy atom. The summed E-state index contributed by atoms with van der Waals surface area (Å²) in [5.41, 5.74) is 3.41. The van der Waals surface area contributed by atoms with Crippen molar-refractivity contribution in [3.63, 3.8) is 0 Å². The van der Waals surface area contributed by atoms with Crippen LogP contribution in [0.25, 0.3) is 11.4 Å². The molecule has 0 radical (unpaired) electrons. The highest BCUT2D eigenvalue weighted by Crippen LogP contribution is 2.21. The zero-order valence-electron chi connectivity index (χ0n) is 14.5. The highest BCUT2D eigenvalue weighted by Gasteiger charge is 2.11. The fourth-order valence-corrected chi connectivity index (χ4v) is 3.03. The molecular weight excluding hydrogens is 350 g/mol. The molecule has 2 heterocycles. The normalized spacial score (nSPS) is 11.3. The van der Waals surface area contributed by atoms with Gasteiger partial charge in [0.2, 0.25) is 10.0 Å². The van der Waals surface area contributed by atoms with Gasteiger partial charge in [-0.2, -0.15) is 0 Å². The molecule has 0 spiro atoms. The summed E-state index contributed by atoms with van der Waals surface area (Å²) in [6.45, 7) is 4.27. The van der Waals surface area contributed by atoms with Gasteiger partial charge in [-0.25, -0.2) is 23.5 Å². The van der Waals surface area contributed by atoms with Crippen molar-refractivity contribution >= 4 is 15.8 Å². The molecule has 2 aromatic heterocycles. The molecule has 26 heavy (non-hydrogen) atoms. The van der Waals surface area contributed by atoms with E-state index < -0.39 is 10.0 Å². The maximum Gasteiger partial charge on any atom is 0.238 e. The number of sulfonamides is 1. The SMILES string of the molecule is Cc1nc(-c2cccnc2)nc(NCc2cccc(S(N)(=O)=O)c2)c1C. The standard InChI is InChI=1S/C18H19N5O2S/c1-12-13(2)22-18(15-6-4-8-20-11-15)23-17(12)21-10-14-5-3-7-16(9-14)26(19,24)25/h3-9,11H,10H2,1-2H3,(H2,19,24,25)(H,21,22,23). The number of anilines is 1. The number of nitrogens with two attached hydrogens (primary N) is 1. The molecule has 3 rings (SSSR count). The predicted octanol–water partition coefficient (Wildman–Crippen LogP) is 2.41. The summed E-state index contributed by atoms with van der Waals surface area (Å²) in [7, 11) is -3.73. The molecule has 3 N–H and O–H groups in total. The van der Waals surface area contributed by atoms with Crippen LogP contribution in [-0.4, -0.2) is 23.4 Å². The summed E-state index contributed by atoms with van der Waals surface area (Å²) in [5.74, 6) is 1.28. The third-order valence-electron chi connectivity index (χ3n) is 4.00. The Morgan fingerprint density at radius 3 is 2.62 bits per heavy atom. The van der Waals surface area contributed by atoms with Crippen LogP contribution in [0.4, 0.5) is 5.82 Å². The second-order valence-electron chi connectivity index (χ2n) is 5.89. The summed E-state index contributed by atoms with van der Waals surface area (Å²) in [5, 5.41) is 8.44. The molecule has 8 heteroatoms. The summed E-state index contributed by atoms with van der Waals surface area (Å²) >= 11 is 0. The van der Waals surface area contributed by atoms with Gasteiger partial charge in [0.15, 0.2) is 5.82 Å². The average molecular weight is 369 g/mol. The van der Waals surface area contributed by atoms with Crippen molar-refractivity contribution in [3.8, 4) is 11.4 Å². The molecule has 0 atom stereocenters. The van der Waals surface area contributed by atoms with Crippen LogP contribution in [0.15, 0.2) is 53.7 Å². The van der Waals surface area contributed by atoms with Crippen molar-refractivity contribution < 1.29 is 8.42 Å². The molecule has 0 aliphatic rings. The zero-order valence-corrected chi connectivity index (χ0v) is 15.3. The number of aromatic nitrogens is 3. The van der Waals surface area contributed by atoms with Crippen LogP contribution >= 0.6 is 0 Å². The average Bonchev–Trinajstić information content (AvgIpc) is 2.63.